The molecule has 0 heterocycles. The van der Waals surface area contributed by atoms with Gasteiger partial charge >= 0.3 is 0 Å². The van der Waals surface area contributed by atoms with Gasteiger partial charge in [0, 0.05) is 0 Å². The fourth-order valence-electron chi connectivity index (χ4n) is 0.846. The Morgan fingerprint density at radius 2 is 1.08 bits per heavy atom. The van der Waals surface area contributed by atoms with Crippen molar-refractivity contribution in [2.45, 2.75) is 55.4 Å². The van der Waals surface area contributed by atoms with Gasteiger partial charge in [-0.2, -0.15) is 0 Å². The van der Waals surface area contributed by atoms with Gasteiger partial charge in [-0.05, 0) is 26.7 Å². The van der Waals surface area contributed by atoms with Crippen LogP contribution in [0.25, 0.3) is 0 Å². The highest BCUT2D eigenvalue weighted by Crippen LogP contribution is 2.15. The maximum absolute atomic E-state index is 2.21. The minimum absolute atomic E-state index is 0. The van der Waals surface area contributed by atoms with Crippen LogP contribution in [-0.4, -0.2) is 0 Å². The summed E-state index contributed by atoms with van der Waals surface area (Å²) in [7, 11) is 0. The van der Waals surface area contributed by atoms with Gasteiger partial charge < -0.3 is 0 Å². The Labute approximate surface area is 79.4 Å². The summed E-state index contributed by atoms with van der Waals surface area (Å²) in [4.78, 5) is 0. The van der Waals surface area contributed by atoms with E-state index in [0.29, 0.717) is 0 Å². The van der Waals surface area contributed by atoms with Crippen LogP contribution in [0.4, 0.5) is 0 Å². The first-order valence-electron chi connectivity index (χ1n) is 4.12. The van der Waals surface area contributed by atoms with Gasteiger partial charge in [-0.3, -0.25) is 0 Å². The van der Waals surface area contributed by atoms with E-state index in [9.17, 15) is 0 Å². The number of allylic oxidation sites excluding steroid dienone is 4. The molecule has 0 saturated carbocycles. The Hall–Kier alpha value is -0.520. The highest BCUT2D eigenvalue weighted by atomic mass is 14.0. The lowest BCUT2D eigenvalue weighted by Gasteiger charge is -2.05. The largest absolute Gasteiger partial charge is 0.0776 e. The summed E-state index contributed by atoms with van der Waals surface area (Å²) in [5.74, 6) is 0. The van der Waals surface area contributed by atoms with Crippen molar-refractivity contribution >= 4 is 0 Å². The quantitative estimate of drug-likeness (QED) is 0.481. The summed E-state index contributed by atoms with van der Waals surface area (Å²) in [5.41, 5.74) is 3.02. The molecule has 0 radical (unpaired) electrons. The van der Waals surface area contributed by atoms with Crippen molar-refractivity contribution in [2.24, 2.45) is 0 Å². The topological polar surface area (TPSA) is 0 Å². The predicted molar refractivity (Wildman–Crippen MR) is 61.6 cm³/mol. The lowest BCUT2D eigenvalue weighted by molar-refractivity contribution is 0.906. The van der Waals surface area contributed by atoms with Gasteiger partial charge in [-0.1, -0.05) is 52.0 Å². The molecule has 0 unspecified atom stereocenters. The molecule has 0 aromatic heterocycles. The molecule has 1 aliphatic rings. The highest BCUT2D eigenvalue weighted by molar-refractivity contribution is 5.20. The molecule has 0 amide bonds. The van der Waals surface area contributed by atoms with Crippen LogP contribution in [0.3, 0.4) is 0 Å². The third-order valence-electron chi connectivity index (χ3n) is 1.57. The van der Waals surface area contributed by atoms with Gasteiger partial charge in [-0.15, -0.1) is 0 Å². The van der Waals surface area contributed by atoms with Gasteiger partial charge in [0.1, 0.15) is 0 Å². The first-order chi connectivity index (χ1) is 4.79. The molecule has 12 heavy (non-hydrogen) atoms. The maximum Gasteiger partial charge on any atom is -0.0283 e. The Morgan fingerprint density at radius 1 is 0.833 bits per heavy atom. The van der Waals surface area contributed by atoms with Crippen LogP contribution in [0.5, 0.6) is 0 Å². The molecule has 0 aromatic carbocycles. The van der Waals surface area contributed by atoms with E-state index in [0.717, 1.165) is 0 Å². The molecule has 0 saturated heterocycles. The van der Waals surface area contributed by atoms with Gasteiger partial charge in [0.25, 0.3) is 0 Å². The lowest BCUT2D eigenvalue weighted by Crippen LogP contribution is -1.85. The van der Waals surface area contributed by atoms with Crippen LogP contribution in [0.2, 0.25) is 0 Å². The molecule has 0 heteroatoms. The fraction of sp³-hybridized carbons (Fsp3) is 0.667. The Morgan fingerprint density at radius 3 is 1.25 bits per heavy atom. The van der Waals surface area contributed by atoms with E-state index < -0.39 is 0 Å². The van der Waals surface area contributed by atoms with E-state index in [1.54, 1.807) is 0 Å². The molecule has 1 aliphatic carbocycles. The summed E-state index contributed by atoms with van der Waals surface area (Å²) in [6.45, 7) is 8.37. The summed E-state index contributed by atoms with van der Waals surface area (Å²) in [5, 5.41) is 0. The van der Waals surface area contributed by atoms with E-state index in [1.165, 1.54) is 24.0 Å². The molecular formula is C12H26. The van der Waals surface area contributed by atoms with Gasteiger partial charge in [0.2, 0.25) is 0 Å². The van der Waals surface area contributed by atoms with E-state index >= 15 is 0 Å². The van der Waals surface area contributed by atoms with Crippen molar-refractivity contribution in [1.29, 1.82) is 0 Å². The molecule has 0 fully saturated rings. The molecule has 74 valence electrons. The Bertz CT molecular complexity index is 120. The molecule has 0 nitrogen and oxygen atoms in total. The maximum atomic E-state index is 2.21. The first kappa shape index (κ1) is 17.5. The van der Waals surface area contributed by atoms with Gasteiger partial charge in [0.05, 0.1) is 0 Å². The third kappa shape index (κ3) is 7.59. The Kier molecular flexibility index (Phi) is 15.3. The smallest absolute Gasteiger partial charge is 0.0283 e. The zero-order valence-corrected chi connectivity index (χ0v) is 7.57. The van der Waals surface area contributed by atoms with Gasteiger partial charge in [-0.25, -0.2) is 0 Å². The first-order valence-corrected chi connectivity index (χ1v) is 4.12. The number of hydrogen-bond acceptors (Lipinski definition) is 0. The number of hydrogen-bond donors (Lipinski definition) is 0. The van der Waals surface area contributed by atoms with Crippen molar-refractivity contribution in [2.75, 3.05) is 0 Å². The van der Waals surface area contributed by atoms with Crippen LogP contribution in [-0.2, 0) is 0 Å². The van der Waals surface area contributed by atoms with Crippen molar-refractivity contribution in [3.05, 3.63) is 23.3 Å². The second-order valence-electron chi connectivity index (χ2n) is 2.53. The zero-order chi connectivity index (χ0) is 7.98. The van der Waals surface area contributed by atoms with E-state index in [2.05, 4.69) is 26.0 Å². The van der Waals surface area contributed by atoms with Crippen LogP contribution < -0.4 is 0 Å². The van der Waals surface area contributed by atoms with Crippen LogP contribution >= 0.6 is 0 Å². The van der Waals surface area contributed by atoms with Gasteiger partial charge in [0.15, 0.2) is 0 Å². The van der Waals surface area contributed by atoms with Crippen molar-refractivity contribution in [3.63, 3.8) is 0 Å². The average Bonchev–Trinajstić information content (AvgIpc) is 2.00. The highest BCUT2D eigenvalue weighted by Gasteiger charge is 1.95. The second-order valence-corrected chi connectivity index (χ2v) is 2.53. The van der Waals surface area contributed by atoms with Crippen LogP contribution in [0, 0.1) is 0 Å². The summed E-state index contributed by atoms with van der Waals surface area (Å²) >= 11 is 0. The van der Waals surface area contributed by atoms with Crippen molar-refractivity contribution in [3.8, 4) is 0 Å². The zero-order valence-electron chi connectivity index (χ0n) is 7.57. The van der Waals surface area contributed by atoms with E-state index in [-0.39, 0.29) is 14.9 Å². The normalized spacial score (nSPS) is 13.7. The molecule has 0 aliphatic heterocycles. The fourth-order valence-corrected chi connectivity index (χ4v) is 0.846. The second kappa shape index (κ2) is 10.5. The summed E-state index contributed by atoms with van der Waals surface area (Å²) in [6.07, 6.45) is 6.95. The third-order valence-corrected chi connectivity index (χ3v) is 1.57. The average molecular weight is 170 g/mol. The summed E-state index contributed by atoms with van der Waals surface area (Å²) in [6, 6.07) is 0. The minimum Gasteiger partial charge on any atom is -0.0776 e. The molecule has 0 spiro atoms. The molecule has 0 atom stereocenters. The lowest BCUT2D eigenvalue weighted by atomic mass is 10.0. The standard InChI is InChI=1S/C8H12.C2H6.2CH4/c1-7-3-5-8(2)6-4-7;1-2;;/h3,5H,4,6H2,1-2H3;1-2H3;2*1H4. The minimum atomic E-state index is 0. The van der Waals surface area contributed by atoms with E-state index in [4.69, 9.17) is 0 Å². The molecule has 0 bridgehead atoms. The Balaban J connectivity index is -0.000000189. The predicted octanol–water partition coefficient (Wildman–Crippen LogP) is 4.97. The van der Waals surface area contributed by atoms with Crippen LogP contribution in [0.15, 0.2) is 23.3 Å². The summed E-state index contributed by atoms with van der Waals surface area (Å²) < 4.78 is 0. The molecule has 1 rings (SSSR count). The number of rotatable bonds is 0. The van der Waals surface area contributed by atoms with Crippen molar-refractivity contribution < 1.29 is 0 Å². The SMILES string of the molecule is C.C.CC.CC1=CC=C(C)CC1. The van der Waals surface area contributed by atoms with Crippen molar-refractivity contribution in [1.82, 2.24) is 0 Å². The van der Waals surface area contributed by atoms with E-state index in [1.807, 2.05) is 13.8 Å². The molecule has 0 N–H and O–H groups in total. The van der Waals surface area contributed by atoms with Crippen LogP contribution in [0.1, 0.15) is 55.4 Å². The molecule has 0 aromatic rings. The molecular weight excluding hydrogens is 144 g/mol. The monoisotopic (exact) mass is 170 g/mol.